The Kier molecular flexibility index (Phi) is 6.23. The number of urea groups is 1. The highest BCUT2D eigenvalue weighted by atomic mass is 16.2. The van der Waals surface area contributed by atoms with E-state index in [9.17, 15) is 4.79 Å². The summed E-state index contributed by atoms with van der Waals surface area (Å²) in [4.78, 5) is 13.7. The summed E-state index contributed by atoms with van der Waals surface area (Å²) in [6.45, 7) is 5.49. The van der Waals surface area contributed by atoms with Crippen molar-refractivity contribution in [2.24, 2.45) is 11.7 Å². The summed E-state index contributed by atoms with van der Waals surface area (Å²) in [6, 6.07) is 0.111. The maximum absolute atomic E-state index is 11.7. The zero-order valence-corrected chi connectivity index (χ0v) is 10.4. The number of piperidine rings is 1. The Hall–Kier alpha value is -0.770. The van der Waals surface area contributed by atoms with Gasteiger partial charge in [-0.25, -0.2) is 4.79 Å². The first-order chi connectivity index (χ1) is 7.77. The van der Waals surface area contributed by atoms with Crippen LogP contribution >= 0.6 is 0 Å². The third-order valence-electron chi connectivity index (χ3n) is 3.28. The number of nitrogens with one attached hydrogen (secondary N) is 1. The molecule has 0 aromatic rings. The predicted octanol–water partition coefficient (Wildman–Crippen LogP) is 1.56. The Morgan fingerprint density at radius 2 is 2.12 bits per heavy atom. The lowest BCUT2D eigenvalue weighted by Gasteiger charge is -2.31. The second-order valence-electron chi connectivity index (χ2n) is 4.59. The first-order valence-corrected chi connectivity index (χ1v) is 6.50. The van der Waals surface area contributed by atoms with Gasteiger partial charge in [0.2, 0.25) is 0 Å². The van der Waals surface area contributed by atoms with Gasteiger partial charge in [0.15, 0.2) is 0 Å². The molecular weight excluding hydrogens is 202 g/mol. The molecular formula is C12H25N3O. The van der Waals surface area contributed by atoms with Crippen molar-refractivity contribution in [2.45, 2.75) is 39.0 Å². The van der Waals surface area contributed by atoms with Gasteiger partial charge in [0.25, 0.3) is 0 Å². The van der Waals surface area contributed by atoms with E-state index >= 15 is 0 Å². The van der Waals surface area contributed by atoms with Crippen LogP contribution in [-0.2, 0) is 0 Å². The lowest BCUT2D eigenvalue weighted by atomic mass is 9.94. The second-order valence-corrected chi connectivity index (χ2v) is 4.59. The molecule has 0 bridgehead atoms. The van der Waals surface area contributed by atoms with Crippen LogP contribution in [0.25, 0.3) is 0 Å². The predicted molar refractivity (Wildman–Crippen MR) is 66.3 cm³/mol. The van der Waals surface area contributed by atoms with E-state index in [4.69, 9.17) is 5.73 Å². The minimum Gasteiger partial charge on any atom is -0.338 e. The number of carbonyl (C=O) groups is 1. The van der Waals surface area contributed by atoms with E-state index in [2.05, 4.69) is 12.2 Å². The number of rotatable bonds is 5. The third-order valence-corrected chi connectivity index (χ3v) is 3.28. The molecule has 3 N–H and O–H groups in total. The van der Waals surface area contributed by atoms with Crippen molar-refractivity contribution < 1.29 is 4.79 Å². The first-order valence-electron chi connectivity index (χ1n) is 6.50. The van der Waals surface area contributed by atoms with Crippen LogP contribution in [0.5, 0.6) is 0 Å². The molecule has 1 rings (SSSR count). The van der Waals surface area contributed by atoms with Crippen LogP contribution in [0.4, 0.5) is 4.79 Å². The second kappa shape index (κ2) is 7.49. The molecule has 1 saturated heterocycles. The quantitative estimate of drug-likeness (QED) is 0.700. The van der Waals surface area contributed by atoms with Gasteiger partial charge in [-0.1, -0.05) is 13.3 Å². The van der Waals surface area contributed by atoms with Gasteiger partial charge in [-0.15, -0.1) is 0 Å². The monoisotopic (exact) mass is 227 g/mol. The van der Waals surface area contributed by atoms with Crippen molar-refractivity contribution in [3.63, 3.8) is 0 Å². The summed E-state index contributed by atoms with van der Waals surface area (Å²) in [5.74, 6) is 0.727. The number of hydrogen-bond donors (Lipinski definition) is 2. The standard InChI is InChI=1S/C12H25N3O/c1-2-3-8-14-12(16)15-9-5-11(4-7-13)6-10-15/h11H,2-10,13H2,1H3,(H,14,16). The average Bonchev–Trinajstić information content (AvgIpc) is 2.30. The van der Waals surface area contributed by atoms with Crippen molar-refractivity contribution in [3.8, 4) is 0 Å². The fourth-order valence-electron chi connectivity index (χ4n) is 2.14. The van der Waals surface area contributed by atoms with Gasteiger partial charge in [-0.3, -0.25) is 0 Å². The van der Waals surface area contributed by atoms with Crippen LogP contribution in [0.2, 0.25) is 0 Å². The van der Waals surface area contributed by atoms with Gasteiger partial charge in [-0.2, -0.15) is 0 Å². The number of hydrogen-bond acceptors (Lipinski definition) is 2. The Morgan fingerprint density at radius 3 is 2.69 bits per heavy atom. The van der Waals surface area contributed by atoms with Gasteiger partial charge in [0, 0.05) is 19.6 Å². The molecule has 1 aliphatic heterocycles. The topological polar surface area (TPSA) is 58.4 Å². The van der Waals surface area contributed by atoms with Gasteiger partial charge in [-0.05, 0) is 38.1 Å². The molecule has 4 nitrogen and oxygen atoms in total. The van der Waals surface area contributed by atoms with E-state index in [1.54, 1.807) is 0 Å². The summed E-state index contributed by atoms with van der Waals surface area (Å²) in [7, 11) is 0. The number of carbonyl (C=O) groups excluding carboxylic acids is 1. The van der Waals surface area contributed by atoms with Crippen LogP contribution in [0.15, 0.2) is 0 Å². The molecule has 2 amide bonds. The van der Waals surface area contributed by atoms with Gasteiger partial charge in [0.05, 0.1) is 0 Å². The molecule has 4 heteroatoms. The van der Waals surface area contributed by atoms with Crippen LogP contribution in [0.3, 0.4) is 0 Å². The Bertz CT molecular complexity index is 200. The molecule has 0 aromatic heterocycles. The molecule has 1 heterocycles. The number of nitrogens with two attached hydrogens (primary N) is 1. The molecule has 16 heavy (non-hydrogen) atoms. The van der Waals surface area contributed by atoms with Crippen molar-refractivity contribution in [1.29, 1.82) is 0 Å². The number of amides is 2. The Balaban J connectivity index is 2.17. The van der Waals surface area contributed by atoms with Crippen molar-refractivity contribution in [2.75, 3.05) is 26.2 Å². The van der Waals surface area contributed by atoms with E-state index < -0.39 is 0 Å². The average molecular weight is 227 g/mol. The highest BCUT2D eigenvalue weighted by Gasteiger charge is 2.21. The van der Waals surface area contributed by atoms with Crippen LogP contribution in [0, 0.1) is 5.92 Å². The molecule has 0 atom stereocenters. The normalized spacial score (nSPS) is 17.5. The number of nitrogens with zero attached hydrogens (tertiary/aromatic N) is 1. The minimum absolute atomic E-state index is 0.111. The van der Waals surface area contributed by atoms with Gasteiger partial charge in [0.1, 0.15) is 0 Å². The van der Waals surface area contributed by atoms with E-state index in [-0.39, 0.29) is 6.03 Å². The number of likely N-dealkylation sites (tertiary alicyclic amines) is 1. The summed E-state index contributed by atoms with van der Waals surface area (Å²) in [5.41, 5.74) is 5.54. The van der Waals surface area contributed by atoms with E-state index in [1.807, 2.05) is 4.90 Å². The smallest absolute Gasteiger partial charge is 0.317 e. The molecule has 0 spiro atoms. The molecule has 0 aliphatic carbocycles. The molecule has 0 unspecified atom stereocenters. The van der Waals surface area contributed by atoms with Gasteiger partial charge >= 0.3 is 6.03 Å². The highest BCUT2D eigenvalue weighted by molar-refractivity contribution is 5.74. The zero-order valence-electron chi connectivity index (χ0n) is 10.4. The van der Waals surface area contributed by atoms with E-state index in [1.165, 1.54) is 0 Å². The molecule has 1 aliphatic rings. The lowest BCUT2D eigenvalue weighted by Crippen LogP contribution is -2.44. The maximum Gasteiger partial charge on any atom is 0.317 e. The molecule has 94 valence electrons. The Labute approximate surface area is 98.6 Å². The summed E-state index contributed by atoms with van der Waals surface area (Å²) in [6.07, 6.45) is 5.51. The largest absolute Gasteiger partial charge is 0.338 e. The Morgan fingerprint density at radius 1 is 1.44 bits per heavy atom. The maximum atomic E-state index is 11.7. The molecule has 0 aromatic carbocycles. The zero-order chi connectivity index (χ0) is 11.8. The minimum atomic E-state index is 0.111. The SMILES string of the molecule is CCCCNC(=O)N1CCC(CCN)CC1. The first kappa shape index (κ1) is 13.3. The summed E-state index contributed by atoms with van der Waals surface area (Å²) in [5, 5.41) is 2.96. The van der Waals surface area contributed by atoms with Crippen molar-refractivity contribution in [3.05, 3.63) is 0 Å². The van der Waals surface area contributed by atoms with E-state index in [0.29, 0.717) is 0 Å². The van der Waals surface area contributed by atoms with Crippen molar-refractivity contribution >= 4 is 6.03 Å². The summed E-state index contributed by atoms with van der Waals surface area (Å²) >= 11 is 0. The van der Waals surface area contributed by atoms with Crippen LogP contribution in [0.1, 0.15) is 39.0 Å². The van der Waals surface area contributed by atoms with Gasteiger partial charge < -0.3 is 16.0 Å². The number of unbranched alkanes of at least 4 members (excludes halogenated alkanes) is 1. The summed E-state index contributed by atoms with van der Waals surface area (Å²) < 4.78 is 0. The molecule has 0 saturated carbocycles. The fourth-order valence-corrected chi connectivity index (χ4v) is 2.14. The van der Waals surface area contributed by atoms with Crippen LogP contribution in [-0.4, -0.2) is 37.1 Å². The van der Waals surface area contributed by atoms with Crippen LogP contribution < -0.4 is 11.1 Å². The van der Waals surface area contributed by atoms with Crippen molar-refractivity contribution in [1.82, 2.24) is 10.2 Å². The van der Waals surface area contributed by atoms with E-state index in [0.717, 1.165) is 64.2 Å². The lowest BCUT2D eigenvalue weighted by molar-refractivity contribution is 0.168. The molecule has 0 radical (unpaired) electrons. The molecule has 1 fully saturated rings. The fraction of sp³-hybridized carbons (Fsp3) is 0.917. The third kappa shape index (κ3) is 4.39. The highest BCUT2D eigenvalue weighted by Crippen LogP contribution is 2.19.